The summed E-state index contributed by atoms with van der Waals surface area (Å²) in [7, 11) is 0. The number of nitrogens with zero attached hydrogens (tertiary/aromatic N) is 1. The van der Waals surface area contributed by atoms with Gasteiger partial charge in [-0.15, -0.1) is 0 Å². The summed E-state index contributed by atoms with van der Waals surface area (Å²) >= 11 is 0. The lowest BCUT2D eigenvalue weighted by atomic mass is 9.78. The molecular formula is C20H28N2O3. The molecule has 1 saturated heterocycles. The van der Waals surface area contributed by atoms with Crippen molar-refractivity contribution in [1.29, 1.82) is 0 Å². The number of amides is 2. The number of likely N-dealkylation sites (tertiary alicyclic amines) is 1. The molecule has 2 amide bonds. The van der Waals surface area contributed by atoms with E-state index in [0.29, 0.717) is 6.54 Å². The highest BCUT2D eigenvalue weighted by Crippen LogP contribution is 2.32. The Kier molecular flexibility index (Phi) is 6.08. The molecule has 1 aliphatic heterocycles. The Balaban J connectivity index is 1.61. The lowest BCUT2D eigenvalue weighted by Gasteiger charge is -2.32. The van der Waals surface area contributed by atoms with Crippen LogP contribution in [0.4, 0.5) is 0 Å². The summed E-state index contributed by atoms with van der Waals surface area (Å²) in [5, 5.41) is 12.2. The number of hydrogen-bond donors (Lipinski definition) is 2. The fourth-order valence-electron chi connectivity index (χ4n) is 4.07. The highest BCUT2D eigenvalue weighted by molar-refractivity contribution is 5.88. The van der Waals surface area contributed by atoms with Crippen molar-refractivity contribution >= 4 is 11.8 Å². The standard InChI is InChI=1S/C20H28N2O3/c23-14-16-7-5-6-15(12-16)13-21-19(24)17-8-1-2-9-18(17)20(25)22-10-3-4-11-22/h5-7,12,17-18,23H,1-4,8-11,13-14H2,(H,21,24)/t17-,18-/m1/s1. The number of carbonyl (C=O) groups excluding carboxylic acids is 2. The third-order valence-corrected chi connectivity index (χ3v) is 5.48. The van der Waals surface area contributed by atoms with Crippen LogP contribution >= 0.6 is 0 Å². The Morgan fingerprint density at radius 1 is 1.04 bits per heavy atom. The van der Waals surface area contributed by atoms with Crippen molar-refractivity contribution < 1.29 is 14.7 Å². The van der Waals surface area contributed by atoms with E-state index < -0.39 is 0 Å². The van der Waals surface area contributed by atoms with Crippen LogP contribution in [0.25, 0.3) is 0 Å². The molecule has 1 saturated carbocycles. The molecule has 0 radical (unpaired) electrons. The van der Waals surface area contributed by atoms with E-state index in [9.17, 15) is 14.7 Å². The summed E-state index contributed by atoms with van der Waals surface area (Å²) in [5.41, 5.74) is 1.81. The van der Waals surface area contributed by atoms with Gasteiger partial charge >= 0.3 is 0 Å². The number of nitrogens with one attached hydrogen (secondary N) is 1. The van der Waals surface area contributed by atoms with Crippen LogP contribution in [0.2, 0.25) is 0 Å². The van der Waals surface area contributed by atoms with Gasteiger partial charge in [-0.3, -0.25) is 9.59 Å². The van der Waals surface area contributed by atoms with Gasteiger partial charge < -0.3 is 15.3 Å². The first-order valence-electron chi connectivity index (χ1n) is 9.44. The third-order valence-electron chi connectivity index (χ3n) is 5.48. The lowest BCUT2D eigenvalue weighted by molar-refractivity contribution is -0.142. The van der Waals surface area contributed by atoms with Crippen LogP contribution in [0.3, 0.4) is 0 Å². The number of aliphatic hydroxyl groups excluding tert-OH is 1. The third kappa shape index (κ3) is 4.40. The van der Waals surface area contributed by atoms with E-state index in [0.717, 1.165) is 62.7 Å². The zero-order valence-corrected chi connectivity index (χ0v) is 14.7. The molecule has 1 aliphatic carbocycles. The lowest BCUT2D eigenvalue weighted by Crippen LogP contribution is -2.44. The smallest absolute Gasteiger partial charge is 0.226 e. The van der Waals surface area contributed by atoms with E-state index in [4.69, 9.17) is 0 Å². The Bertz CT molecular complexity index is 611. The number of hydrogen-bond acceptors (Lipinski definition) is 3. The number of rotatable bonds is 5. The first-order valence-corrected chi connectivity index (χ1v) is 9.44. The van der Waals surface area contributed by atoms with Gasteiger partial charge in [0, 0.05) is 31.5 Å². The van der Waals surface area contributed by atoms with Crippen LogP contribution < -0.4 is 5.32 Å². The molecule has 5 heteroatoms. The molecule has 2 aliphatic rings. The molecule has 1 aromatic carbocycles. The van der Waals surface area contributed by atoms with Crippen LogP contribution in [-0.2, 0) is 22.7 Å². The summed E-state index contributed by atoms with van der Waals surface area (Å²) in [4.78, 5) is 27.5. The van der Waals surface area contributed by atoms with Crippen molar-refractivity contribution in [1.82, 2.24) is 10.2 Å². The second-order valence-electron chi connectivity index (χ2n) is 7.23. The van der Waals surface area contributed by atoms with Gasteiger partial charge in [0.05, 0.1) is 6.61 Å². The fourth-order valence-corrected chi connectivity index (χ4v) is 4.07. The topological polar surface area (TPSA) is 69.6 Å². The van der Waals surface area contributed by atoms with Gasteiger partial charge in [-0.25, -0.2) is 0 Å². The highest BCUT2D eigenvalue weighted by atomic mass is 16.3. The molecule has 25 heavy (non-hydrogen) atoms. The summed E-state index contributed by atoms with van der Waals surface area (Å²) in [6.45, 7) is 2.12. The second kappa shape index (κ2) is 8.48. The maximum absolute atomic E-state index is 12.8. The molecule has 1 aromatic rings. The predicted octanol–water partition coefficient (Wildman–Crippen LogP) is 2.22. The second-order valence-corrected chi connectivity index (χ2v) is 7.23. The van der Waals surface area contributed by atoms with Crippen molar-refractivity contribution in [3.63, 3.8) is 0 Å². The Morgan fingerprint density at radius 2 is 1.72 bits per heavy atom. The van der Waals surface area contributed by atoms with Crippen molar-refractivity contribution in [3.05, 3.63) is 35.4 Å². The van der Waals surface area contributed by atoms with E-state index in [1.165, 1.54) is 0 Å². The molecule has 5 nitrogen and oxygen atoms in total. The number of carbonyl (C=O) groups is 2. The number of aliphatic hydroxyl groups is 1. The molecule has 0 unspecified atom stereocenters. The van der Waals surface area contributed by atoms with E-state index in [1.54, 1.807) is 0 Å². The largest absolute Gasteiger partial charge is 0.392 e. The average molecular weight is 344 g/mol. The minimum atomic E-state index is -0.206. The normalized spacial score (nSPS) is 23.5. The molecule has 0 aromatic heterocycles. The van der Waals surface area contributed by atoms with Gasteiger partial charge in [0.15, 0.2) is 0 Å². The zero-order chi connectivity index (χ0) is 17.6. The van der Waals surface area contributed by atoms with Gasteiger partial charge in [0.1, 0.15) is 0 Å². The van der Waals surface area contributed by atoms with E-state index >= 15 is 0 Å². The Morgan fingerprint density at radius 3 is 2.44 bits per heavy atom. The minimum absolute atomic E-state index is 0.00315. The van der Waals surface area contributed by atoms with E-state index in [2.05, 4.69) is 5.32 Å². The van der Waals surface area contributed by atoms with Crippen LogP contribution in [0, 0.1) is 11.8 Å². The van der Waals surface area contributed by atoms with Crippen molar-refractivity contribution in [3.8, 4) is 0 Å². The molecule has 136 valence electrons. The zero-order valence-electron chi connectivity index (χ0n) is 14.7. The Hall–Kier alpha value is -1.88. The van der Waals surface area contributed by atoms with Gasteiger partial charge in [0.2, 0.25) is 11.8 Å². The molecule has 2 N–H and O–H groups in total. The Labute approximate surface area is 149 Å². The van der Waals surface area contributed by atoms with E-state index in [-0.39, 0.29) is 30.3 Å². The molecule has 0 bridgehead atoms. The van der Waals surface area contributed by atoms with Gasteiger partial charge in [-0.1, -0.05) is 37.1 Å². The van der Waals surface area contributed by atoms with Crippen LogP contribution in [0.1, 0.15) is 49.7 Å². The highest BCUT2D eigenvalue weighted by Gasteiger charge is 2.38. The quantitative estimate of drug-likeness (QED) is 0.860. The molecule has 1 heterocycles. The fraction of sp³-hybridized carbons (Fsp3) is 0.600. The maximum atomic E-state index is 12.8. The molecule has 3 rings (SSSR count). The summed E-state index contributed by atoms with van der Waals surface area (Å²) in [6.07, 6.45) is 5.83. The average Bonchev–Trinajstić information content (AvgIpc) is 3.20. The van der Waals surface area contributed by atoms with Gasteiger partial charge in [-0.05, 0) is 36.8 Å². The van der Waals surface area contributed by atoms with Crippen LogP contribution in [0.5, 0.6) is 0 Å². The number of benzene rings is 1. The van der Waals surface area contributed by atoms with Gasteiger partial charge in [0.25, 0.3) is 0 Å². The first kappa shape index (κ1) is 17.9. The van der Waals surface area contributed by atoms with E-state index in [1.807, 2.05) is 29.2 Å². The van der Waals surface area contributed by atoms with Crippen LogP contribution in [0.15, 0.2) is 24.3 Å². The summed E-state index contributed by atoms with van der Waals surface area (Å²) < 4.78 is 0. The first-order chi connectivity index (χ1) is 12.2. The molecule has 2 fully saturated rings. The van der Waals surface area contributed by atoms with Crippen molar-refractivity contribution in [2.24, 2.45) is 11.8 Å². The van der Waals surface area contributed by atoms with Crippen LogP contribution in [-0.4, -0.2) is 34.9 Å². The molecule has 2 atom stereocenters. The molecule has 0 spiro atoms. The monoisotopic (exact) mass is 344 g/mol. The predicted molar refractivity (Wildman–Crippen MR) is 95.5 cm³/mol. The van der Waals surface area contributed by atoms with Crippen molar-refractivity contribution in [2.45, 2.75) is 51.7 Å². The van der Waals surface area contributed by atoms with Gasteiger partial charge in [-0.2, -0.15) is 0 Å². The minimum Gasteiger partial charge on any atom is -0.392 e. The summed E-state index contributed by atoms with van der Waals surface area (Å²) in [6, 6.07) is 7.58. The summed E-state index contributed by atoms with van der Waals surface area (Å²) in [5.74, 6) is -0.190. The maximum Gasteiger partial charge on any atom is 0.226 e. The van der Waals surface area contributed by atoms with Crippen molar-refractivity contribution in [2.75, 3.05) is 13.1 Å². The SMILES string of the molecule is O=C(NCc1cccc(CO)c1)[C@@H]1CCCC[C@H]1C(=O)N1CCCC1. The molecular weight excluding hydrogens is 316 g/mol.